The molecular formula is C23H24F3IO6. The number of benzene rings is 2. The van der Waals surface area contributed by atoms with Crippen LogP contribution in [0.15, 0.2) is 48.5 Å². The lowest BCUT2D eigenvalue weighted by molar-refractivity contribution is -0.598. The van der Waals surface area contributed by atoms with Crippen LogP contribution in [0.2, 0.25) is 0 Å². The van der Waals surface area contributed by atoms with Crippen LogP contribution in [0, 0.1) is 13.1 Å². The van der Waals surface area contributed by atoms with Crippen LogP contribution >= 0.6 is 0 Å². The monoisotopic (exact) mass is 580 g/mol. The van der Waals surface area contributed by atoms with E-state index in [1.54, 1.807) is 7.11 Å². The molecule has 180 valence electrons. The Bertz CT molecular complexity index is 932. The van der Waals surface area contributed by atoms with Crippen molar-refractivity contribution in [2.24, 2.45) is 5.92 Å². The second-order valence-electron chi connectivity index (χ2n) is 6.71. The van der Waals surface area contributed by atoms with Gasteiger partial charge in [0.15, 0.2) is 7.14 Å². The number of alkyl halides is 3. The van der Waals surface area contributed by atoms with Crippen molar-refractivity contribution >= 4 is 17.7 Å². The van der Waals surface area contributed by atoms with Gasteiger partial charge in [-0.2, -0.15) is 13.2 Å². The molecule has 0 saturated heterocycles. The summed E-state index contributed by atoms with van der Waals surface area (Å²) >= 11 is -0.288. The van der Waals surface area contributed by atoms with Gasteiger partial charge < -0.3 is 19.4 Å². The molecule has 0 amide bonds. The number of methoxy groups -OCH3 is 2. The van der Waals surface area contributed by atoms with E-state index in [9.17, 15) is 22.8 Å². The summed E-state index contributed by atoms with van der Waals surface area (Å²) in [7, 11) is 2.98. The molecule has 0 fully saturated rings. The highest BCUT2D eigenvalue weighted by Crippen LogP contribution is 2.17. The molecule has 0 heterocycles. The number of carboxylic acid groups (broad SMARTS) is 1. The minimum Gasteiger partial charge on any atom is -0.542 e. The summed E-state index contributed by atoms with van der Waals surface area (Å²) in [6.07, 6.45) is -3.14. The molecule has 0 saturated carbocycles. The van der Waals surface area contributed by atoms with Gasteiger partial charge in [-0.1, -0.05) is 18.2 Å². The SMILES string of the molecule is COC(=O)C(CCCc1cc(OC)ccc1[I+]c1ccccc1)C(C)=O.O=C([O-])C(F)(F)F. The number of carboxylic acids is 1. The number of hydrogen-bond donors (Lipinski definition) is 0. The molecule has 6 nitrogen and oxygen atoms in total. The Balaban J connectivity index is 0.000000675. The van der Waals surface area contributed by atoms with Gasteiger partial charge in [0.1, 0.15) is 23.4 Å². The molecule has 0 aromatic heterocycles. The topological polar surface area (TPSA) is 92.7 Å². The number of ether oxygens (including phenoxy) is 2. The fourth-order valence-electron chi connectivity index (χ4n) is 2.68. The van der Waals surface area contributed by atoms with Gasteiger partial charge in [-0.15, -0.1) is 0 Å². The number of rotatable bonds is 9. The van der Waals surface area contributed by atoms with Crippen LogP contribution in [0.1, 0.15) is 25.3 Å². The van der Waals surface area contributed by atoms with Crippen LogP contribution in [-0.4, -0.2) is 38.1 Å². The van der Waals surface area contributed by atoms with Crippen molar-refractivity contribution in [3.8, 4) is 5.75 Å². The van der Waals surface area contributed by atoms with E-state index >= 15 is 0 Å². The van der Waals surface area contributed by atoms with Crippen molar-refractivity contribution in [2.75, 3.05) is 14.2 Å². The molecule has 0 bridgehead atoms. The number of Topliss-reactive ketones (excluding diaryl/α,β-unsaturated/α-hetero) is 1. The lowest BCUT2D eigenvalue weighted by Crippen LogP contribution is -3.61. The third-order valence-electron chi connectivity index (χ3n) is 4.34. The van der Waals surface area contributed by atoms with Crippen molar-refractivity contribution < 1.29 is 63.3 Å². The number of ketones is 1. The summed E-state index contributed by atoms with van der Waals surface area (Å²) in [5, 5.41) is 8.78. The Morgan fingerprint density at radius 2 is 1.67 bits per heavy atom. The summed E-state index contributed by atoms with van der Waals surface area (Å²) < 4.78 is 44.4. The minimum atomic E-state index is -5.19. The maximum Gasteiger partial charge on any atom is 0.430 e. The number of aryl methyl sites for hydroxylation is 1. The van der Waals surface area contributed by atoms with Crippen LogP contribution in [0.5, 0.6) is 5.75 Å². The zero-order valence-corrected chi connectivity index (χ0v) is 20.4. The highest BCUT2D eigenvalue weighted by Gasteiger charge is 2.29. The predicted octanol–water partition coefficient (Wildman–Crippen LogP) is -0.177. The van der Waals surface area contributed by atoms with E-state index in [4.69, 9.17) is 19.4 Å². The van der Waals surface area contributed by atoms with Gasteiger partial charge in [-0.05, 0) is 56.5 Å². The number of esters is 1. The quantitative estimate of drug-likeness (QED) is 0.233. The van der Waals surface area contributed by atoms with Crippen LogP contribution in [-0.2, 0) is 25.5 Å². The molecule has 2 aromatic rings. The maximum absolute atomic E-state index is 11.7. The first-order chi connectivity index (χ1) is 15.5. The van der Waals surface area contributed by atoms with Gasteiger partial charge in [0.2, 0.25) is 0 Å². The van der Waals surface area contributed by atoms with E-state index in [1.165, 1.54) is 26.7 Å². The van der Waals surface area contributed by atoms with Crippen molar-refractivity contribution in [2.45, 2.75) is 32.4 Å². The third kappa shape index (κ3) is 10.2. The maximum atomic E-state index is 11.7. The van der Waals surface area contributed by atoms with Gasteiger partial charge in [-0.25, -0.2) is 0 Å². The Hall–Kier alpha value is -2.63. The molecule has 10 heteroatoms. The summed E-state index contributed by atoms with van der Waals surface area (Å²) in [5.41, 5.74) is 1.23. The van der Waals surface area contributed by atoms with Crippen molar-refractivity contribution in [3.63, 3.8) is 0 Å². The van der Waals surface area contributed by atoms with E-state index in [1.807, 2.05) is 12.1 Å². The van der Waals surface area contributed by atoms with Gasteiger partial charge in [0.25, 0.3) is 0 Å². The zero-order valence-electron chi connectivity index (χ0n) is 18.3. The smallest absolute Gasteiger partial charge is 0.430 e. The molecule has 0 spiro atoms. The average molecular weight is 580 g/mol. The second-order valence-corrected chi connectivity index (χ2v) is 9.66. The fourth-order valence-corrected chi connectivity index (χ4v) is 5.26. The zero-order chi connectivity index (χ0) is 25.0. The first-order valence-electron chi connectivity index (χ1n) is 9.72. The molecule has 0 N–H and O–H groups in total. The largest absolute Gasteiger partial charge is 0.542 e. The van der Waals surface area contributed by atoms with E-state index in [0.717, 1.165) is 18.6 Å². The number of halogens is 4. The van der Waals surface area contributed by atoms with E-state index in [-0.39, 0.29) is 27.0 Å². The fraction of sp³-hybridized carbons (Fsp3) is 0.348. The van der Waals surface area contributed by atoms with E-state index < -0.39 is 24.0 Å². The third-order valence-corrected chi connectivity index (χ3v) is 7.32. The van der Waals surface area contributed by atoms with Gasteiger partial charge in [-0.3, -0.25) is 9.59 Å². The number of carbonyl (C=O) groups is 3. The second kappa shape index (κ2) is 13.8. The van der Waals surface area contributed by atoms with Crippen molar-refractivity contribution in [1.82, 2.24) is 0 Å². The van der Waals surface area contributed by atoms with Gasteiger partial charge >= 0.3 is 33.4 Å². The Morgan fingerprint density at radius 3 is 2.15 bits per heavy atom. The summed E-state index contributed by atoms with van der Waals surface area (Å²) in [4.78, 5) is 32.2. The average Bonchev–Trinajstić information content (AvgIpc) is 2.77. The molecule has 33 heavy (non-hydrogen) atoms. The molecule has 1 atom stereocenters. The van der Waals surface area contributed by atoms with Crippen LogP contribution in [0.4, 0.5) is 13.2 Å². The van der Waals surface area contributed by atoms with Crippen molar-refractivity contribution in [3.05, 3.63) is 61.2 Å². The summed E-state index contributed by atoms with van der Waals surface area (Å²) in [6, 6.07) is 16.7. The highest BCUT2D eigenvalue weighted by atomic mass is 127. The Kier molecular flexibility index (Phi) is 11.9. The van der Waals surface area contributed by atoms with E-state index in [0.29, 0.717) is 6.42 Å². The van der Waals surface area contributed by atoms with Gasteiger partial charge in [0.05, 0.1) is 14.2 Å². The van der Waals surface area contributed by atoms with Crippen LogP contribution in [0.25, 0.3) is 0 Å². The normalized spacial score (nSPS) is 11.6. The predicted molar refractivity (Wildman–Crippen MR) is 107 cm³/mol. The standard InChI is InChI=1S/C21H24IO4.C2HF3O2/c1-15(23)19(21(24)26-3)11-7-8-16-14-18(25-2)12-13-20(16)22-17-9-5-4-6-10-17;3-2(4,5)1(6)7/h4-6,9-10,12-14,19H,7-8,11H2,1-3H3;(H,6,7)/q+1;/p-1. The Labute approximate surface area is 200 Å². The molecule has 0 radical (unpaired) electrons. The molecule has 2 rings (SSSR count). The molecule has 2 aromatic carbocycles. The molecule has 0 aliphatic heterocycles. The molecule has 0 aliphatic carbocycles. The number of hydrogen-bond acceptors (Lipinski definition) is 6. The first-order valence-corrected chi connectivity index (χ1v) is 11.9. The van der Waals surface area contributed by atoms with Crippen LogP contribution in [0.3, 0.4) is 0 Å². The molecule has 0 aliphatic rings. The highest BCUT2D eigenvalue weighted by molar-refractivity contribution is 5.97. The minimum absolute atomic E-state index is 0.139. The first kappa shape index (κ1) is 28.4. The number of aliphatic carboxylic acids is 1. The number of carbonyl (C=O) groups excluding carboxylic acids is 3. The molecular weight excluding hydrogens is 556 g/mol. The Morgan fingerprint density at radius 1 is 1.06 bits per heavy atom. The summed E-state index contributed by atoms with van der Waals surface area (Å²) in [5.74, 6) is -3.43. The van der Waals surface area contributed by atoms with E-state index in [2.05, 4.69) is 36.4 Å². The van der Waals surface area contributed by atoms with Gasteiger partial charge in [0, 0.05) is 5.56 Å². The van der Waals surface area contributed by atoms with Crippen molar-refractivity contribution in [1.29, 1.82) is 0 Å². The lowest BCUT2D eigenvalue weighted by Gasteiger charge is -2.11. The lowest BCUT2D eigenvalue weighted by atomic mass is 9.96. The molecule has 1 unspecified atom stereocenters. The summed E-state index contributed by atoms with van der Waals surface area (Å²) in [6.45, 7) is 1.44. The van der Waals surface area contributed by atoms with Crippen LogP contribution < -0.4 is 31.0 Å².